The predicted molar refractivity (Wildman–Crippen MR) is 75.2 cm³/mol. The first-order valence-electron chi connectivity index (χ1n) is 8.06. The Labute approximate surface area is 108 Å². The Kier molecular flexibility index (Phi) is 5.34. The summed E-state index contributed by atoms with van der Waals surface area (Å²) in [7, 11) is 0. The Morgan fingerprint density at radius 2 is 1.82 bits per heavy atom. The van der Waals surface area contributed by atoms with Crippen molar-refractivity contribution in [1.82, 2.24) is 5.32 Å². The molecule has 1 nitrogen and oxygen atoms in total. The minimum absolute atomic E-state index is 0.849. The first-order chi connectivity index (χ1) is 8.33. The van der Waals surface area contributed by atoms with Gasteiger partial charge in [0.2, 0.25) is 0 Å². The Morgan fingerprint density at radius 1 is 1.06 bits per heavy atom. The van der Waals surface area contributed by atoms with Gasteiger partial charge in [-0.2, -0.15) is 0 Å². The zero-order valence-electron chi connectivity index (χ0n) is 11.9. The third-order valence-corrected chi connectivity index (χ3v) is 5.01. The zero-order valence-corrected chi connectivity index (χ0v) is 11.9. The van der Waals surface area contributed by atoms with E-state index in [0.29, 0.717) is 0 Å². The van der Waals surface area contributed by atoms with Crippen molar-refractivity contribution in [2.75, 3.05) is 6.54 Å². The largest absolute Gasteiger partial charge is 0.314 e. The highest BCUT2D eigenvalue weighted by atomic mass is 14.9. The molecule has 1 heteroatoms. The Hall–Kier alpha value is -0.0400. The van der Waals surface area contributed by atoms with Crippen LogP contribution in [-0.4, -0.2) is 12.6 Å². The van der Waals surface area contributed by atoms with Gasteiger partial charge in [0.25, 0.3) is 0 Å². The van der Waals surface area contributed by atoms with Gasteiger partial charge in [-0.25, -0.2) is 0 Å². The summed E-state index contributed by atoms with van der Waals surface area (Å²) < 4.78 is 0. The topological polar surface area (TPSA) is 12.0 Å². The summed E-state index contributed by atoms with van der Waals surface area (Å²) in [4.78, 5) is 0. The van der Waals surface area contributed by atoms with Crippen LogP contribution in [0.15, 0.2) is 0 Å². The van der Waals surface area contributed by atoms with Crippen LogP contribution in [0, 0.1) is 17.8 Å². The average Bonchev–Trinajstić information content (AvgIpc) is 3.19. The van der Waals surface area contributed by atoms with Crippen molar-refractivity contribution in [1.29, 1.82) is 0 Å². The molecule has 0 bridgehead atoms. The van der Waals surface area contributed by atoms with Crippen LogP contribution in [0.25, 0.3) is 0 Å². The second-order valence-corrected chi connectivity index (χ2v) is 6.39. The SMILES string of the molecule is CCNC(CCC1CCCC(CC)C1)C1CC1. The first kappa shape index (κ1) is 13.4. The molecule has 2 saturated carbocycles. The normalized spacial score (nSPS) is 31.4. The maximum absolute atomic E-state index is 3.71. The van der Waals surface area contributed by atoms with Crippen molar-refractivity contribution >= 4 is 0 Å². The summed E-state index contributed by atoms with van der Waals surface area (Å²) in [5.74, 6) is 3.13. The van der Waals surface area contributed by atoms with Crippen molar-refractivity contribution in [3.63, 3.8) is 0 Å². The molecule has 0 aromatic carbocycles. The molecule has 17 heavy (non-hydrogen) atoms. The molecule has 0 spiro atoms. The van der Waals surface area contributed by atoms with Crippen molar-refractivity contribution in [3.05, 3.63) is 0 Å². The maximum atomic E-state index is 3.71. The lowest BCUT2D eigenvalue weighted by Crippen LogP contribution is -2.31. The van der Waals surface area contributed by atoms with Gasteiger partial charge in [-0.05, 0) is 56.4 Å². The highest BCUT2D eigenvalue weighted by Crippen LogP contribution is 2.38. The van der Waals surface area contributed by atoms with Crippen LogP contribution in [0.3, 0.4) is 0 Å². The zero-order chi connectivity index (χ0) is 12.1. The van der Waals surface area contributed by atoms with E-state index in [4.69, 9.17) is 0 Å². The van der Waals surface area contributed by atoms with Gasteiger partial charge in [0, 0.05) is 6.04 Å². The van der Waals surface area contributed by atoms with Gasteiger partial charge in [0.15, 0.2) is 0 Å². The van der Waals surface area contributed by atoms with Crippen molar-refractivity contribution < 1.29 is 0 Å². The molecule has 2 rings (SSSR count). The van der Waals surface area contributed by atoms with Crippen LogP contribution < -0.4 is 5.32 Å². The predicted octanol–water partition coefficient (Wildman–Crippen LogP) is 4.37. The van der Waals surface area contributed by atoms with E-state index >= 15 is 0 Å². The molecule has 2 fully saturated rings. The van der Waals surface area contributed by atoms with Gasteiger partial charge in [0.1, 0.15) is 0 Å². The van der Waals surface area contributed by atoms with Gasteiger partial charge in [-0.1, -0.05) is 39.5 Å². The Balaban J connectivity index is 1.68. The molecule has 0 aromatic rings. The quantitative estimate of drug-likeness (QED) is 0.693. The number of hydrogen-bond acceptors (Lipinski definition) is 1. The number of rotatable bonds is 7. The molecule has 3 unspecified atom stereocenters. The Bertz CT molecular complexity index is 210. The van der Waals surface area contributed by atoms with Crippen LogP contribution in [-0.2, 0) is 0 Å². The van der Waals surface area contributed by atoms with E-state index in [1.807, 2.05) is 0 Å². The lowest BCUT2D eigenvalue weighted by atomic mass is 9.77. The minimum atomic E-state index is 0.849. The van der Waals surface area contributed by atoms with E-state index in [1.165, 1.54) is 57.8 Å². The minimum Gasteiger partial charge on any atom is -0.314 e. The van der Waals surface area contributed by atoms with E-state index < -0.39 is 0 Å². The monoisotopic (exact) mass is 237 g/mol. The summed E-state index contributed by atoms with van der Waals surface area (Å²) in [5, 5.41) is 3.71. The molecule has 0 saturated heterocycles. The van der Waals surface area contributed by atoms with E-state index in [2.05, 4.69) is 19.2 Å². The summed E-state index contributed by atoms with van der Waals surface area (Å²) in [6.45, 7) is 5.78. The third kappa shape index (κ3) is 4.28. The number of hydrogen-bond donors (Lipinski definition) is 1. The highest BCUT2D eigenvalue weighted by Gasteiger charge is 2.31. The summed E-state index contributed by atoms with van der Waals surface area (Å²) in [6.07, 6.45) is 13.4. The van der Waals surface area contributed by atoms with Gasteiger partial charge >= 0.3 is 0 Å². The molecule has 0 heterocycles. The lowest BCUT2D eigenvalue weighted by Gasteiger charge is -2.29. The molecule has 3 atom stereocenters. The summed E-state index contributed by atoms with van der Waals surface area (Å²) in [6, 6.07) is 0.849. The van der Waals surface area contributed by atoms with Crippen LogP contribution in [0.2, 0.25) is 0 Å². The van der Waals surface area contributed by atoms with Crippen LogP contribution in [0.1, 0.15) is 71.6 Å². The molecule has 0 radical (unpaired) electrons. The van der Waals surface area contributed by atoms with E-state index in [1.54, 1.807) is 0 Å². The summed E-state index contributed by atoms with van der Waals surface area (Å²) >= 11 is 0. The molecular formula is C16H31N. The molecule has 1 N–H and O–H groups in total. The van der Waals surface area contributed by atoms with Crippen molar-refractivity contribution in [3.8, 4) is 0 Å². The number of nitrogens with one attached hydrogen (secondary N) is 1. The van der Waals surface area contributed by atoms with Crippen molar-refractivity contribution in [2.24, 2.45) is 17.8 Å². The molecule has 100 valence electrons. The average molecular weight is 237 g/mol. The van der Waals surface area contributed by atoms with E-state index in [0.717, 1.165) is 30.3 Å². The first-order valence-corrected chi connectivity index (χ1v) is 8.06. The van der Waals surface area contributed by atoms with Crippen LogP contribution in [0.5, 0.6) is 0 Å². The van der Waals surface area contributed by atoms with Crippen LogP contribution >= 0.6 is 0 Å². The Morgan fingerprint density at radius 3 is 2.47 bits per heavy atom. The fourth-order valence-corrected chi connectivity index (χ4v) is 3.72. The van der Waals surface area contributed by atoms with Gasteiger partial charge in [-0.3, -0.25) is 0 Å². The molecular weight excluding hydrogens is 206 g/mol. The summed E-state index contributed by atoms with van der Waals surface area (Å²) in [5.41, 5.74) is 0. The van der Waals surface area contributed by atoms with E-state index in [9.17, 15) is 0 Å². The second kappa shape index (κ2) is 6.78. The molecule has 0 amide bonds. The van der Waals surface area contributed by atoms with Gasteiger partial charge in [-0.15, -0.1) is 0 Å². The fraction of sp³-hybridized carbons (Fsp3) is 1.00. The molecule has 2 aliphatic carbocycles. The molecule has 2 aliphatic rings. The second-order valence-electron chi connectivity index (χ2n) is 6.39. The molecule has 0 aliphatic heterocycles. The van der Waals surface area contributed by atoms with Crippen molar-refractivity contribution in [2.45, 2.75) is 77.7 Å². The van der Waals surface area contributed by atoms with Gasteiger partial charge in [0.05, 0.1) is 0 Å². The maximum Gasteiger partial charge on any atom is 0.00953 e. The van der Waals surface area contributed by atoms with E-state index in [-0.39, 0.29) is 0 Å². The highest BCUT2D eigenvalue weighted by molar-refractivity contribution is 4.87. The van der Waals surface area contributed by atoms with Crippen LogP contribution in [0.4, 0.5) is 0 Å². The third-order valence-electron chi connectivity index (χ3n) is 5.01. The smallest absolute Gasteiger partial charge is 0.00953 e. The fourth-order valence-electron chi connectivity index (χ4n) is 3.72. The molecule has 0 aromatic heterocycles. The lowest BCUT2D eigenvalue weighted by molar-refractivity contribution is 0.236. The standard InChI is InChI=1S/C16H31N/c1-3-13-6-5-7-14(12-13)8-11-16(17-4-2)15-9-10-15/h13-17H,3-12H2,1-2H3. The van der Waals surface area contributed by atoms with Gasteiger partial charge < -0.3 is 5.32 Å².